The van der Waals surface area contributed by atoms with Crippen molar-refractivity contribution in [2.75, 3.05) is 45.9 Å². The molecule has 7 heteroatoms. The molecule has 4 fully saturated rings. The number of fused-ring (bicyclic) bond motifs is 3. The summed E-state index contributed by atoms with van der Waals surface area (Å²) in [6, 6.07) is 22.7. The molecule has 1 atom stereocenters. The Morgan fingerprint density at radius 1 is 0.930 bits per heavy atom. The summed E-state index contributed by atoms with van der Waals surface area (Å²) >= 11 is 0. The van der Waals surface area contributed by atoms with E-state index in [1.807, 2.05) is 43.0 Å². The zero-order valence-electron chi connectivity index (χ0n) is 25.4. The van der Waals surface area contributed by atoms with Gasteiger partial charge in [0.05, 0.1) is 51.9 Å². The van der Waals surface area contributed by atoms with Gasteiger partial charge in [0, 0.05) is 37.6 Å². The molecule has 4 saturated heterocycles. The molecule has 4 heterocycles. The van der Waals surface area contributed by atoms with Crippen LogP contribution in [0.2, 0.25) is 0 Å². The SMILES string of the molecule is CC(C)Oc1cccc(CC(=O)N2CCOC(CC[N+]34CCC(c5ccccc5)(CC3)CC4)(c3ccc(F)c(F)c3)C2)c1. The van der Waals surface area contributed by atoms with Gasteiger partial charge in [-0.05, 0) is 54.8 Å². The molecule has 1 amide bonds. The van der Waals surface area contributed by atoms with Crippen LogP contribution in [0.1, 0.15) is 56.2 Å². The van der Waals surface area contributed by atoms with Gasteiger partial charge in [-0.2, -0.15) is 0 Å². The van der Waals surface area contributed by atoms with E-state index in [2.05, 4.69) is 30.3 Å². The van der Waals surface area contributed by atoms with Crippen LogP contribution >= 0.6 is 0 Å². The first kappa shape index (κ1) is 29.8. The standard InChI is InChI=1S/C36H43F2N2O3/c1-27(2)43-31-10-6-7-28(23-31)24-34(41)39-17-22-42-36(26-39,30-11-12-32(37)33(38)25-30)16-21-40-18-13-35(14-19-40,15-20-40)29-8-4-3-5-9-29/h3-12,23,25,27H,13-22,24,26H2,1-2H3/q+1. The first-order valence-corrected chi connectivity index (χ1v) is 15.7. The number of halogens is 2. The third kappa shape index (κ3) is 6.20. The number of hydrogen-bond donors (Lipinski definition) is 0. The van der Waals surface area contributed by atoms with Crippen LogP contribution in [0.4, 0.5) is 8.78 Å². The van der Waals surface area contributed by atoms with E-state index in [0.717, 1.165) is 61.2 Å². The highest BCUT2D eigenvalue weighted by Gasteiger charge is 2.51. The van der Waals surface area contributed by atoms with Crippen LogP contribution in [0.3, 0.4) is 0 Å². The fourth-order valence-corrected chi connectivity index (χ4v) is 7.58. The number of rotatable bonds is 9. The van der Waals surface area contributed by atoms with Gasteiger partial charge in [0.15, 0.2) is 11.6 Å². The molecule has 228 valence electrons. The average molecular weight is 590 g/mol. The molecule has 0 spiro atoms. The van der Waals surface area contributed by atoms with Gasteiger partial charge >= 0.3 is 0 Å². The average Bonchev–Trinajstić information content (AvgIpc) is 3.03. The molecule has 1 unspecified atom stereocenters. The Morgan fingerprint density at radius 3 is 2.37 bits per heavy atom. The van der Waals surface area contributed by atoms with E-state index < -0.39 is 17.2 Å². The smallest absolute Gasteiger partial charge is 0.227 e. The fourth-order valence-electron chi connectivity index (χ4n) is 7.58. The van der Waals surface area contributed by atoms with Crippen LogP contribution in [0.15, 0.2) is 72.8 Å². The summed E-state index contributed by atoms with van der Waals surface area (Å²) in [4.78, 5) is 15.5. The monoisotopic (exact) mass is 589 g/mol. The number of morpholine rings is 1. The Labute approximate surface area is 254 Å². The van der Waals surface area contributed by atoms with E-state index in [-0.39, 0.29) is 23.8 Å². The molecule has 3 aromatic rings. The molecule has 7 rings (SSSR count). The maximum atomic E-state index is 14.6. The predicted molar refractivity (Wildman–Crippen MR) is 163 cm³/mol. The zero-order valence-corrected chi connectivity index (χ0v) is 25.4. The van der Waals surface area contributed by atoms with Crippen molar-refractivity contribution in [3.63, 3.8) is 0 Å². The number of amides is 1. The molecule has 0 radical (unpaired) electrons. The number of carbonyl (C=O) groups excluding carboxylic acids is 1. The maximum absolute atomic E-state index is 14.6. The Kier molecular flexibility index (Phi) is 8.31. The van der Waals surface area contributed by atoms with E-state index in [9.17, 15) is 13.6 Å². The van der Waals surface area contributed by atoms with Crippen molar-refractivity contribution >= 4 is 5.91 Å². The quantitative estimate of drug-likeness (QED) is 0.272. The first-order valence-electron chi connectivity index (χ1n) is 15.7. The Morgan fingerprint density at radius 2 is 1.67 bits per heavy atom. The summed E-state index contributed by atoms with van der Waals surface area (Å²) in [5.41, 5.74) is 2.30. The van der Waals surface area contributed by atoms with Gasteiger partial charge in [-0.25, -0.2) is 8.78 Å². The molecule has 0 N–H and O–H groups in total. The lowest BCUT2D eigenvalue weighted by Gasteiger charge is -2.56. The van der Waals surface area contributed by atoms with Crippen LogP contribution in [0.5, 0.6) is 5.75 Å². The van der Waals surface area contributed by atoms with Crippen molar-refractivity contribution < 1.29 is 27.5 Å². The van der Waals surface area contributed by atoms with E-state index in [4.69, 9.17) is 9.47 Å². The first-order chi connectivity index (χ1) is 20.7. The number of nitrogens with zero attached hydrogens (tertiary/aromatic N) is 2. The van der Waals surface area contributed by atoms with Crippen LogP contribution in [-0.2, 0) is 27.0 Å². The lowest BCUT2D eigenvalue weighted by atomic mass is 9.66. The molecule has 43 heavy (non-hydrogen) atoms. The Hall–Kier alpha value is -3.29. The molecule has 5 nitrogen and oxygen atoms in total. The van der Waals surface area contributed by atoms with Gasteiger partial charge in [-0.1, -0.05) is 48.5 Å². The summed E-state index contributed by atoms with van der Waals surface area (Å²) in [5.74, 6) is -1.03. The van der Waals surface area contributed by atoms with Crippen molar-refractivity contribution in [3.8, 4) is 5.75 Å². The van der Waals surface area contributed by atoms with E-state index in [0.29, 0.717) is 31.7 Å². The van der Waals surface area contributed by atoms with Crippen molar-refractivity contribution in [1.29, 1.82) is 0 Å². The molecule has 0 saturated carbocycles. The zero-order chi connectivity index (χ0) is 30.1. The summed E-state index contributed by atoms with van der Waals surface area (Å²) in [5, 5.41) is 0. The van der Waals surface area contributed by atoms with Crippen LogP contribution in [0.25, 0.3) is 0 Å². The van der Waals surface area contributed by atoms with Gasteiger partial charge in [-0.3, -0.25) is 4.79 Å². The minimum atomic E-state index is -0.899. The minimum absolute atomic E-state index is 0.00686. The maximum Gasteiger partial charge on any atom is 0.227 e. The minimum Gasteiger partial charge on any atom is -0.491 e. The molecular formula is C36H43F2N2O3+. The van der Waals surface area contributed by atoms with E-state index >= 15 is 0 Å². The van der Waals surface area contributed by atoms with Crippen LogP contribution in [-0.4, -0.2) is 67.3 Å². The van der Waals surface area contributed by atoms with Crippen LogP contribution < -0.4 is 4.74 Å². The highest BCUT2D eigenvalue weighted by molar-refractivity contribution is 5.79. The fraction of sp³-hybridized carbons (Fsp3) is 0.472. The third-order valence-electron chi connectivity index (χ3n) is 10.2. The highest BCUT2D eigenvalue weighted by atomic mass is 19.2. The molecule has 3 aromatic carbocycles. The van der Waals surface area contributed by atoms with Crippen molar-refractivity contribution in [1.82, 2.24) is 4.90 Å². The Balaban J connectivity index is 1.20. The van der Waals surface area contributed by atoms with Crippen molar-refractivity contribution in [3.05, 3.63) is 101 Å². The Bertz CT molecular complexity index is 1420. The molecule has 4 aliphatic heterocycles. The molecule has 0 aliphatic carbocycles. The van der Waals surface area contributed by atoms with Gasteiger partial charge in [0.1, 0.15) is 11.4 Å². The van der Waals surface area contributed by atoms with Gasteiger partial charge in [-0.15, -0.1) is 0 Å². The lowest BCUT2D eigenvalue weighted by molar-refractivity contribution is -0.944. The number of ether oxygens (including phenoxy) is 2. The molecule has 2 bridgehead atoms. The van der Waals surface area contributed by atoms with Crippen LogP contribution in [0, 0.1) is 11.6 Å². The molecular weight excluding hydrogens is 546 g/mol. The summed E-state index contributed by atoms with van der Waals surface area (Å²) in [6.07, 6.45) is 4.38. The van der Waals surface area contributed by atoms with E-state index in [1.54, 1.807) is 6.07 Å². The number of piperidine rings is 3. The van der Waals surface area contributed by atoms with Gasteiger partial charge in [0.2, 0.25) is 5.91 Å². The van der Waals surface area contributed by atoms with Gasteiger partial charge in [0.25, 0.3) is 0 Å². The number of hydrogen-bond acceptors (Lipinski definition) is 3. The molecule has 0 aromatic heterocycles. The number of benzene rings is 3. The van der Waals surface area contributed by atoms with Crippen molar-refractivity contribution in [2.45, 2.75) is 63.1 Å². The number of quaternary nitrogens is 1. The predicted octanol–water partition coefficient (Wildman–Crippen LogP) is 6.39. The summed E-state index contributed by atoms with van der Waals surface area (Å²) in [6.45, 7) is 9.24. The van der Waals surface area contributed by atoms with Gasteiger partial charge < -0.3 is 18.9 Å². The second-order valence-electron chi connectivity index (χ2n) is 13.2. The van der Waals surface area contributed by atoms with Crippen molar-refractivity contribution in [2.24, 2.45) is 0 Å². The topological polar surface area (TPSA) is 38.8 Å². The summed E-state index contributed by atoms with van der Waals surface area (Å²) < 4.78 is 42.0. The third-order valence-corrected chi connectivity index (χ3v) is 10.2. The van der Waals surface area contributed by atoms with E-state index in [1.165, 1.54) is 17.7 Å². The molecule has 4 aliphatic rings. The number of carbonyl (C=O) groups is 1. The highest BCUT2D eigenvalue weighted by Crippen LogP contribution is 2.47. The summed E-state index contributed by atoms with van der Waals surface area (Å²) in [7, 11) is 0. The second kappa shape index (κ2) is 12.0. The largest absolute Gasteiger partial charge is 0.491 e. The lowest BCUT2D eigenvalue weighted by Crippen LogP contribution is -2.64. The normalized spacial score (nSPS) is 27.0. The second-order valence-corrected chi connectivity index (χ2v) is 13.2.